The van der Waals surface area contributed by atoms with Gasteiger partial charge in [-0.25, -0.2) is 0 Å². The van der Waals surface area contributed by atoms with E-state index in [0.717, 1.165) is 12.0 Å². The molecular formula is C24H27N3O2. The summed E-state index contributed by atoms with van der Waals surface area (Å²) in [6.45, 7) is 8.29. The molecule has 2 aromatic carbocycles. The second-order valence-corrected chi connectivity index (χ2v) is 8.42. The first-order valence-corrected chi connectivity index (χ1v) is 10.2. The van der Waals surface area contributed by atoms with Crippen LogP contribution in [0.4, 0.5) is 0 Å². The number of nitrogens with zero attached hydrogens (tertiary/aromatic N) is 2. The minimum atomic E-state index is -0.298. The molecule has 150 valence electrons. The molecule has 0 aliphatic heterocycles. The average molecular weight is 389 g/mol. The Morgan fingerprint density at radius 1 is 1.10 bits per heavy atom. The third kappa shape index (κ3) is 4.24. The van der Waals surface area contributed by atoms with Gasteiger partial charge in [-0.1, -0.05) is 78.7 Å². The van der Waals surface area contributed by atoms with Crippen molar-refractivity contribution in [3.05, 3.63) is 71.1 Å². The molecular weight excluding hydrogens is 362 g/mol. The van der Waals surface area contributed by atoms with E-state index in [-0.39, 0.29) is 23.8 Å². The van der Waals surface area contributed by atoms with Crippen molar-refractivity contribution in [2.24, 2.45) is 11.8 Å². The van der Waals surface area contributed by atoms with Crippen LogP contribution in [0.1, 0.15) is 54.8 Å². The maximum Gasteiger partial charge on any atom is 0.249 e. The van der Waals surface area contributed by atoms with Gasteiger partial charge in [0.25, 0.3) is 0 Å². The quantitative estimate of drug-likeness (QED) is 0.646. The minimum Gasteiger partial charge on any atom is -0.344 e. The van der Waals surface area contributed by atoms with E-state index in [1.165, 1.54) is 16.7 Å². The summed E-state index contributed by atoms with van der Waals surface area (Å²) in [7, 11) is 0. The number of nitrogens with one attached hydrogen (secondary N) is 1. The summed E-state index contributed by atoms with van der Waals surface area (Å²) in [6, 6.07) is 15.9. The van der Waals surface area contributed by atoms with E-state index in [0.29, 0.717) is 17.6 Å². The van der Waals surface area contributed by atoms with Crippen LogP contribution in [-0.4, -0.2) is 16.0 Å². The number of carbonyl (C=O) groups is 1. The molecule has 1 aliphatic rings. The van der Waals surface area contributed by atoms with Crippen LogP contribution < -0.4 is 5.32 Å². The van der Waals surface area contributed by atoms with E-state index in [2.05, 4.69) is 47.5 Å². The molecule has 1 heterocycles. The lowest BCUT2D eigenvalue weighted by molar-refractivity contribution is -0.123. The van der Waals surface area contributed by atoms with Gasteiger partial charge >= 0.3 is 0 Å². The minimum absolute atomic E-state index is 0.00830. The fourth-order valence-electron chi connectivity index (χ4n) is 3.92. The topological polar surface area (TPSA) is 68.0 Å². The third-order valence-corrected chi connectivity index (χ3v) is 5.50. The molecule has 3 aromatic rings. The second kappa shape index (κ2) is 7.82. The molecule has 3 atom stereocenters. The van der Waals surface area contributed by atoms with Crippen molar-refractivity contribution in [2.45, 2.75) is 46.1 Å². The number of amides is 1. The standard InChI is InChI=1S/C24H27N3O2/c1-14(2)21(24-26-22(27-29-24)17-8-6-5-7-9-17)25-23(28)20-13-19(20)18-11-15(3)10-16(4)12-18/h5-12,14,19-21H,13H2,1-4H3,(H,25,28). The summed E-state index contributed by atoms with van der Waals surface area (Å²) in [4.78, 5) is 17.5. The third-order valence-electron chi connectivity index (χ3n) is 5.50. The molecule has 1 fully saturated rings. The molecule has 0 saturated heterocycles. The number of aromatic nitrogens is 2. The molecule has 1 saturated carbocycles. The van der Waals surface area contributed by atoms with Crippen molar-refractivity contribution in [2.75, 3.05) is 0 Å². The van der Waals surface area contributed by atoms with Crippen molar-refractivity contribution >= 4 is 5.91 Å². The number of hydrogen-bond acceptors (Lipinski definition) is 4. The van der Waals surface area contributed by atoms with Crippen molar-refractivity contribution in [3.63, 3.8) is 0 Å². The van der Waals surface area contributed by atoms with Crippen LogP contribution in [0.25, 0.3) is 11.4 Å². The van der Waals surface area contributed by atoms with E-state index in [1.807, 2.05) is 44.2 Å². The normalized spacial score (nSPS) is 19.2. The Morgan fingerprint density at radius 3 is 2.45 bits per heavy atom. The van der Waals surface area contributed by atoms with Gasteiger partial charge in [0.05, 0.1) is 0 Å². The van der Waals surface area contributed by atoms with Crippen LogP contribution in [0.5, 0.6) is 0 Å². The molecule has 0 spiro atoms. The van der Waals surface area contributed by atoms with Gasteiger partial charge in [-0.05, 0) is 37.7 Å². The predicted octanol–water partition coefficient (Wildman–Crippen LogP) is 4.97. The molecule has 29 heavy (non-hydrogen) atoms. The van der Waals surface area contributed by atoms with E-state index in [4.69, 9.17) is 4.52 Å². The zero-order valence-electron chi connectivity index (χ0n) is 17.3. The highest BCUT2D eigenvalue weighted by Crippen LogP contribution is 2.48. The molecule has 1 amide bonds. The first-order valence-electron chi connectivity index (χ1n) is 10.2. The van der Waals surface area contributed by atoms with Gasteiger partial charge in [-0.2, -0.15) is 4.98 Å². The zero-order chi connectivity index (χ0) is 20.5. The molecule has 5 heteroatoms. The Morgan fingerprint density at radius 2 is 1.79 bits per heavy atom. The summed E-state index contributed by atoms with van der Waals surface area (Å²) in [5, 5.41) is 7.26. The highest BCUT2D eigenvalue weighted by atomic mass is 16.5. The summed E-state index contributed by atoms with van der Waals surface area (Å²) >= 11 is 0. The Bertz CT molecular complexity index is 990. The molecule has 0 radical (unpaired) electrons. The monoisotopic (exact) mass is 389 g/mol. The number of rotatable bonds is 6. The Balaban J connectivity index is 1.47. The second-order valence-electron chi connectivity index (χ2n) is 8.42. The van der Waals surface area contributed by atoms with E-state index in [1.54, 1.807) is 0 Å². The number of benzene rings is 2. The molecule has 1 aliphatic carbocycles. The fourth-order valence-corrected chi connectivity index (χ4v) is 3.92. The van der Waals surface area contributed by atoms with Crippen molar-refractivity contribution in [3.8, 4) is 11.4 Å². The molecule has 5 nitrogen and oxygen atoms in total. The number of hydrogen-bond donors (Lipinski definition) is 1. The predicted molar refractivity (Wildman–Crippen MR) is 112 cm³/mol. The maximum atomic E-state index is 12.9. The number of aryl methyl sites for hydroxylation is 2. The van der Waals surface area contributed by atoms with E-state index in [9.17, 15) is 4.79 Å². The van der Waals surface area contributed by atoms with Crippen LogP contribution >= 0.6 is 0 Å². The van der Waals surface area contributed by atoms with Crippen LogP contribution in [0, 0.1) is 25.7 Å². The van der Waals surface area contributed by atoms with Gasteiger partial charge in [0.15, 0.2) is 0 Å². The van der Waals surface area contributed by atoms with E-state index >= 15 is 0 Å². The lowest BCUT2D eigenvalue weighted by Crippen LogP contribution is -2.33. The van der Waals surface area contributed by atoms with E-state index < -0.39 is 0 Å². The van der Waals surface area contributed by atoms with Crippen molar-refractivity contribution in [1.29, 1.82) is 0 Å². The van der Waals surface area contributed by atoms with Gasteiger partial charge in [0.2, 0.25) is 17.6 Å². The molecule has 3 unspecified atom stereocenters. The van der Waals surface area contributed by atoms with Gasteiger partial charge in [-0.3, -0.25) is 4.79 Å². The fraction of sp³-hybridized carbons (Fsp3) is 0.375. The van der Waals surface area contributed by atoms with Crippen LogP contribution in [0.15, 0.2) is 53.1 Å². The number of carbonyl (C=O) groups excluding carboxylic acids is 1. The lowest BCUT2D eigenvalue weighted by Gasteiger charge is -2.18. The molecule has 0 bridgehead atoms. The Hall–Kier alpha value is -2.95. The van der Waals surface area contributed by atoms with Crippen LogP contribution in [0.3, 0.4) is 0 Å². The Labute approximate surface area is 171 Å². The smallest absolute Gasteiger partial charge is 0.249 e. The molecule has 4 rings (SSSR count). The highest BCUT2D eigenvalue weighted by molar-refractivity contribution is 5.83. The summed E-state index contributed by atoms with van der Waals surface area (Å²) < 4.78 is 5.51. The largest absolute Gasteiger partial charge is 0.344 e. The Kier molecular flexibility index (Phi) is 5.22. The van der Waals surface area contributed by atoms with Gasteiger partial charge in [-0.15, -0.1) is 0 Å². The molecule has 1 aromatic heterocycles. The average Bonchev–Trinajstić information content (AvgIpc) is 3.35. The van der Waals surface area contributed by atoms with Crippen LogP contribution in [0.2, 0.25) is 0 Å². The zero-order valence-corrected chi connectivity index (χ0v) is 17.3. The molecule has 1 N–H and O–H groups in total. The lowest BCUT2D eigenvalue weighted by atomic mass is 10.0. The van der Waals surface area contributed by atoms with Gasteiger partial charge in [0, 0.05) is 11.5 Å². The summed E-state index contributed by atoms with van der Waals surface area (Å²) in [5.41, 5.74) is 4.64. The summed E-state index contributed by atoms with van der Waals surface area (Å²) in [6.07, 6.45) is 0.888. The first kappa shape index (κ1) is 19.4. The van der Waals surface area contributed by atoms with Crippen molar-refractivity contribution in [1.82, 2.24) is 15.5 Å². The van der Waals surface area contributed by atoms with Gasteiger partial charge in [0.1, 0.15) is 6.04 Å². The maximum absolute atomic E-state index is 12.9. The van der Waals surface area contributed by atoms with Crippen molar-refractivity contribution < 1.29 is 9.32 Å². The summed E-state index contributed by atoms with van der Waals surface area (Å²) in [5.74, 6) is 1.50. The highest BCUT2D eigenvalue weighted by Gasteiger charge is 2.45. The first-order chi connectivity index (χ1) is 13.9. The van der Waals surface area contributed by atoms with Gasteiger partial charge < -0.3 is 9.84 Å². The SMILES string of the molecule is Cc1cc(C)cc(C2CC2C(=O)NC(c2nc(-c3ccccc3)no2)C(C)C)c1. The van der Waals surface area contributed by atoms with Crippen LogP contribution in [-0.2, 0) is 4.79 Å².